The van der Waals surface area contributed by atoms with E-state index in [4.69, 9.17) is 9.47 Å². The molecule has 0 saturated carbocycles. The second-order valence-electron chi connectivity index (χ2n) is 9.05. The van der Waals surface area contributed by atoms with Gasteiger partial charge in [0.1, 0.15) is 0 Å². The third-order valence-corrected chi connectivity index (χ3v) is 7.67. The summed E-state index contributed by atoms with van der Waals surface area (Å²) in [7, 11) is -1.89. The molecule has 0 atom stereocenters. The first kappa shape index (κ1) is 26.0. The highest BCUT2D eigenvalue weighted by molar-refractivity contribution is 7.89. The number of ether oxygens (including phenoxy) is 2. The number of carbonyl (C=O) groups is 1. The zero-order chi connectivity index (χ0) is 24.7. The van der Waals surface area contributed by atoms with Crippen molar-refractivity contribution in [3.8, 4) is 11.5 Å². The monoisotopic (exact) mass is 488 g/mol. The molecule has 0 aliphatic carbocycles. The van der Waals surface area contributed by atoms with Crippen LogP contribution in [0.15, 0.2) is 47.4 Å². The van der Waals surface area contributed by atoms with Gasteiger partial charge in [0.05, 0.1) is 18.6 Å². The van der Waals surface area contributed by atoms with Gasteiger partial charge in [-0.25, -0.2) is 8.42 Å². The first-order valence-electron chi connectivity index (χ1n) is 12.0. The molecule has 1 aliphatic rings. The van der Waals surface area contributed by atoms with E-state index in [1.54, 1.807) is 24.1 Å². The first-order valence-corrected chi connectivity index (χ1v) is 13.4. The minimum atomic E-state index is -3.50. The fraction of sp³-hybridized carbons (Fsp3) is 0.500. The Balaban J connectivity index is 1.75. The van der Waals surface area contributed by atoms with E-state index in [-0.39, 0.29) is 10.8 Å². The van der Waals surface area contributed by atoms with Crippen LogP contribution in [0.25, 0.3) is 0 Å². The Morgan fingerprint density at radius 3 is 2.32 bits per heavy atom. The zero-order valence-corrected chi connectivity index (χ0v) is 21.4. The highest BCUT2D eigenvalue weighted by atomic mass is 32.2. The summed E-state index contributed by atoms with van der Waals surface area (Å²) in [5, 5.41) is 0. The Morgan fingerprint density at radius 2 is 1.74 bits per heavy atom. The fourth-order valence-corrected chi connectivity index (χ4v) is 5.48. The van der Waals surface area contributed by atoms with Crippen molar-refractivity contribution in [3.05, 3.63) is 53.6 Å². The van der Waals surface area contributed by atoms with Crippen LogP contribution in [0.2, 0.25) is 0 Å². The molecule has 1 fully saturated rings. The second kappa shape index (κ2) is 11.7. The van der Waals surface area contributed by atoms with Gasteiger partial charge in [-0.2, -0.15) is 4.31 Å². The molecule has 0 unspecified atom stereocenters. The molecule has 3 rings (SSSR count). The number of amides is 1. The molecule has 0 spiro atoms. The van der Waals surface area contributed by atoms with E-state index in [2.05, 4.69) is 13.8 Å². The Bertz CT molecular complexity index is 1060. The Morgan fingerprint density at radius 1 is 1.06 bits per heavy atom. The lowest BCUT2D eigenvalue weighted by Crippen LogP contribution is -2.31. The van der Waals surface area contributed by atoms with Gasteiger partial charge in [-0.15, -0.1) is 0 Å². The number of benzene rings is 2. The SMILES string of the molecule is CCCN(Cc1ccc(OCC(C)C)c(OC)c1)C(=O)c1ccc(S(=O)(=O)N2CCCC2)cc1. The predicted octanol–water partition coefficient (Wildman–Crippen LogP) is 4.57. The van der Waals surface area contributed by atoms with Crippen LogP contribution in [0.4, 0.5) is 0 Å². The van der Waals surface area contributed by atoms with E-state index in [9.17, 15) is 13.2 Å². The molecular weight excluding hydrogens is 452 g/mol. The van der Waals surface area contributed by atoms with Gasteiger partial charge in [0.2, 0.25) is 10.0 Å². The molecule has 7 nitrogen and oxygen atoms in total. The van der Waals surface area contributed by atoms with Crippen molar-refractivity contribution in [3.63, 3.8) is 0 Å². The van der Waals surface area contributed by atoms with Crippen LogP contribution in [0, 0.1) is 5.92 Å². The maximum Gasteiger partial charge on any atom is 0.254 e. The summed E-state index contributed by atoms with van der Waals surface area (Å²) >= 11 is 0. The van der Waals surface area contributed by atoms with Crippen LogP contribution in [-0.2, 0) is 16.6 Å². The minimum absolute atomic E-state index is 0.133. The molecule has 186 valence electrons. The topological polar surface area (TPSA) is 76.1 Å². The van der Waals surface area contributed by atoms with Crippen molar-refractivity contribution >= 4 is 15.9 Å². The average Bonchev–Trinajstić information content (AvgIpc) is 3.38. The largest absolute Gasteiger partial charge is 0.493 e. The fourth-order valence-electron chi connectivity index (χ4n) is 3.96. The Kier molecular flexibility index (Phi) is 8.97. The van der Waals surface area contributed by atoms with Gasteiger partial charge in [0.25, 0.3) is 5.91 Å². The number of hydrogen-bond acceptors (Lipinski definition) is 5. The molecule has 1 amide bonds. The normalized spacial score (nSPS) is 14.4. The number of carbonyl (C=O) groups excluding carboxylic acids is 1. The van der Waals surface area contributed by atoms with Crippen molar-refractivity contribution < 1.29 is 22.7 Å². The molecule has 0 radical (unpaired) electrons. The van der Waals surface area contributed by atoms with E-state index in [1.807, 2.05) is 25.1 Å². The van der Waals surface area contributed by atoms with Crippen LogP contribution in [0.5, 0.6) is 11.5 Å². The van der Waals surface area contributed by atoms with Gasteiger partial charge in [-0.05, 0) is 67.1 Å². The summed E-state index contributed by atoms with van der Waals surface area (Å²) in [5.74, 6) is 1.59. The van der Waals surface area contributed by atoms with Crippen LogP contribution in [0.3, 0.4) is 0 Å². The van der Waals surface area contributed by atoms with Crippen LogP contribution in [-0.4, -0.2) is 56.9 Å². The standard InChI is InChI=1S/C26H36N2O5S/c1-5-14-27(18-21-8-13-24(25(17-21)32-4)33-19-20(2)3)26(29)22-9-11-23(12-10-22)34(30,31)28-15-6-7-16-28/h8-13,17,20H,5-7,14-16,18-19H2,1-4H3. The van der Waals surface area contributed by atoms with E-state index < -0.39 is 10.0 Å². The summed E-state index contributed by atoms with van der Waals surface area (Å²) in [4.78, 5) is 15.3. The molecule has 8 heteroatoms. The summed E-state index contributed by atoms with van der Waals surface area (Å²) < 4.78 is 38.4. The smallest absolute Gasteiger partial charge is 0.254 e. The molecule has 34 heavy (non-hydrogen) atoms. The molecule has 2 aromatic rings. The summed E-state index contributed by atoms with van der Waals surface area (Å²) in [5.41, 5.74) is 1.40. The molecule has 0 N–H and O–H groups in total. The van der Waals surface area contributed by atoms with Gasteiger partial charge in [0.15, 0.2) is 11.5 Å². The molecule has 1 heterocycles. The number of methoxy groups -OCH3 is 1. The second-order valence-corrected chi connectivity index (χ2v) is 11.0. The molecule has 2 aromatic carbocycles. The molecule has 0 bridgehead atoms. The number of rotatable bonds is 11. The number of nitrogens with zero attached hydrogens (tertiary/aromatic N) is 2. The molecule has 1 saturated heterocycles. The van der Waals surface area contributed by atoms with E-state index in [1.165, 1.54) is 16.4 Å². The minimum Gasteiger partial charge on any atom is -0.493 e. The third kappa shape index (κ3) is 6.30. The first-order chi connectivity index (χ1) is 16.3. The van der Waals surface area contributed by atoms with Gasteiger partial charge < -0.3 is 14.4 Å². The van der Waals surface area contributed by atoms with Gasteiger partial charge >= 0.3 is 0 Å². The third-order valence-electron chi connectivity index (χ3n) is 5.76. The number of sulfonamides is 1. The Hall–Kier alpha value is -2.58. The van der Waals surface area contributed by atoms with Crippen molar-refractivity contribution in [2.75, 3.05) is 33.4 Å². The molecular formula is C26H36N2O5S. The van der Waals surface area contributed by atoms with Gasteiger partial charge in [-0.1, -0.05) is 26.8 Å². The highest BCUT2D eigenvalue weighted by Gasteiger charge is 2.27. The maximum atomic E-state index is 13.3. The van der Waals surface area contributed by atoms with Crippen LogP contribution in [0.1, 0.15) is 56.0 Å². The summed E-state index contributed by atoms with van der Waals surface area (Å²) in [6, 6.07) is 12.0. The summed E-state index contributed by atoms with van der Waals surface area (Å²) in [6.07, 6.45) is 2.58. The maximum absolute atomic E-state index is 13.3. The van der Waals surface area contributed by atoms with Crippen molar-refractivity contribution in [1.82, 2.24) is 9.21 Å². The van der Waals surface area contributed by atoms with Crippen LogP contribution < -0.4 is 9.47 Å². The quantitative estimate of drug-likeness (QED) is 0.463. The van der Waals surface area contributed by atoms with Gasteiger partial charge in [0, 0.05) is 31.7 Å². The van der Waals surface area contributed by atoms with Crippen molar-refractivity contribution in [2.24, 2.45) is 5.92 Å². The van der Waals surface area contributed by atoms with E-state index in [0.717, 1.165) is 24.8 Å². The Labute approximate surface area is 203 Å². The predicted molar refractivity (Wildman–Crippen MR) is 133 cm³/mol. The summed E-state index contributed by atoms with van der Waals surface area (Å²) in [6.45, 7) is 8.90. The lowest BCUT2D eigenvalue weighted by Gasteiger charge is -2.23. The van der Waals surface area contributed by atoms with Crippen molar-refractivity contribution in [2.45, 2.75) is 51.5 Å². The van der Waals surface area contributed by atoms with Crippen molar-refractivity contribution in [1.29, 1.82) is 0 Å². The lowest BCUT2D eigenvalue weighted by atomic mass is 10.1. The van der Waals surface area contributed by atoms with E-state index >= 15 is 0 Å². The zero-order valence-electron chi connectivity index (χ0n) is 20.6. The van der Waals surface area contributed by atoms with Crippen LogP contribution >= 0.6 is 0 Å². The van der Waals surface area contributed by atoms with E-state index in [0.29, 0.717) is 55.8 Å². The average molecular weight is 489 g/mol. The molecule has 1 aliphatic heterocycles. The lowest BCUT2D eigenvalue weighted by molar-refractivity contribution is 0.0743. The highest BCUT2D eigenvalue weighted by Crippen LogP contribution is 2.29. The van der Waals surface area contributed by atoms with Gasteiger partial charge in [-0.3, -0.25) is 4.79 Å². The molecule has 0 aromatic heterocycles. The number of hydrogen-bond donors (Lipinski definition) is 0.